The Kier molecular flexibility index (Phi) is 8.77. The number of rotatable bonds is 9. The Labute approximate surface area is 211 Å². The minimum atomic E-state index is -4.81. The third-order valence-electron chi connectivity index (χ3n) is 4.88. The highest BCUT2D eigenvalue weighted by Gasteiger charge is 2.31. The number of aromatic nitrogens is 2. The highest BCUT2D eigenvalue weighted by atomic mass is 19.4. The fraction of sp³-hybridized carbons (Fsp3) is 0.240. The molecule has 0 atom stereocenters. The van der Waals surface area contributed by atoms with Crippen LogP contribution in [0, 0.1) is 0 Å². The monoisotopic (exact) mass is 517 g/mol. The Hall–Kier alpha value is -4.48. The Bertz CT molecular complexity index is 1250. The van der Waals surface area contributed by atoms with E-state index in [1.807, 2.05) is 32.1 Å². The van der Waals surface area contributed by atoms with Crippen LogP contribution in [0.25, 0.3) is 0 Å². The number of nitrogens with one attached hydrogen (secondary N) is 3. The summed E-state index contributed by atoms with van der Waals surface area (Å²) in [5, 5.41) is 7.82. The second-order valence-electron chi connectivity index (χ2n) is 8.07. The number of benzene rings is 2. The summed E-state index contributed by atoms with van der Waals surface area (Å²) in [7, 11) is 1.57. The molecule has 0 bridgehead atoms. The zero-order valence-electron chi connectivity index (χ0n) is 20.3. The molecule has 0 unspecified atom stereocenters. The van der Waals surface area contributed by atoms with Crippen LogP contribution in [0.2, 0.25) is 0 Å². The summed E-state index contributed by atoms with van der Waals surface area (Å²) in [6.07, 6.45) is -1.40. The van der Waals surface area contributed by atoms with Gasteiger partial charge in [0.05, 0.1) is 7.11 Å². The van der Waals surface area contributed by atoms with Gasteiger partial charge in [0, 0.05) is 25.0 Å². The number of alkyl halides is 3. The summed E-state index contributed by atoms with van der Waals surface area (Å²) < 4.78 is 47.4. The highest BCUT2D eigenvalue weighted by molar-refractivity contribution is 5.99. The first-order valence-corrected chi connectivity index (χ1v) is 11.1. The summed E-state index contributed by atoms with van der Waals surface area (Å²) in [6.45, 7) is 4.44. The van der Waals surface area contributed by atoms with Gasteiger partial charge in [-0.2, -0.15) is 0 Å². The third kappa shape index (κ3) is 8.60. The topological polar surface area (TPSA) is 107 Å². The van der Waals surface area contributed by atoms with Gasteiger partial charge in [-0.05, 0) is 55.8 Å². The van der Waals surface area contributed by atoms with Crippen LogP contribution in [0.3, 0.4) is 0 Å². The molecule has 0 spiro atoms. The molecular weight excluding hydrogens is 491 g/mol. The Morgan fingerprint density at radius 1 is 1.00 bits per heavy atom. The number of methoxy groups -OCH3 is 1. The van der Waals surface area contributed by atoms with Gasteiger partial charge in [-0.25, -0.2) is 9.78 Å². The van der Waals surface area contributed by atoms with Crippen molar-refractivity contribution in [2.75, 3.05) is 17.7 Å². The molecule has 0 fully saturated rings. The number of carbonyl (C=O) groups is 2. The molecule has 3 rings (SSSR count). The molecule has 0 aliphatic rings. The SMILES string of the molecule is COc1ccc(CNC(=O)c2nc(NC(=O)Nc3ccc(OC(F)(F)F)cc3)cn2CC=C(C)C)cc1. The highest BCUT2D eigenvalue weighted by Crippen LogP contribution is 2.24. The largest absolute Gasteiger partial charge is 0.573 e. The standard InChI is InChI=1S/C25H26F3N5O4/c1-16(2)12-13-33-15-21(31-22(33)23(34)29-14-17-4-8-19(36-3)9-5-17)32-24(35)30-18-6-10-20(11-7-18)37-25(26,27)28/h4-12,15H,13-14H2,1-3H3,(H,29,34)(H2,30,32,35). The number of anilines is 2. The van der Waals surface area contributed by atoms with Crippen molar-refractivity contribution in [3.63, 3.8) is 0 Å². The average Bonchev–Trinajstić information content (AvgIpc) is 3.24. The van der Waals surface area contributed by atoms with Crippen LogP contribution >= 0.6 is 0 Å². The molecule has 196 valence electrons. The summed E-state index contributed by atoms with van der Waals surface area (Å²) in [6, 6.07) is 11.2. The maximum absolute atomic E-state index is 12.9. The Morgan fingerprint density at radius 2 is 1.65 bits per heavy atom. The average molecular weight is 518 g/mol. The molecule has 37 heavy (non-hydrogen) atoms. The number of urea groups is 1. The summed E-state index contributed by atoms with van der Waals surface area (Å²) in [5.74, 6) is 0.0571. The maximum Gasteiger partial charge on any atom is 0.573 e. The van der Waals surface area contributed by atoms with Gasteiger partial charge in [-0.3, -0.25) is 10.1 Å². The molecule has 0 aliphatic carbocycles. The number of carbonyl (C=O) groups excluding carboxylic acids is 2. The summed E-state index contributed by atoms with van der Waals surface area (Å²) >= 11 is 0. The Morgan fingerprint density at radius 3 is 2.24 bits per heavy atom. The van der Waals surface area contributed by atoms with Crippen LogP contribution < -0.4 is 25.4 Å². The Balaban J connectivity index is 1.67. The fourth-order valence-electron chi connectivity index (χ4n) is 3.10. The second-order valence-corrected chi connectivity index (χ2v) is 8.07. The number of ether oxygens (including phenoxy) is 2. The van der Waals surface area contributed by atoms with E-state index in [0.29, 0.717) is 12.3 Å². The number of halogens is 3. The van der Waals surface area contributed by atoms with E-state index >= 15 is 0 Å². The zero-order valence-corrected chi connectivity index (χ0v) is 20.3. The maximum atomic E-state index is 12.9. The van der Waals surface area contributed by atoms with E-state index in [0.717, 1.165) is 23.3 Å². The van der Waals surface area contributed by atoms with Gasteiger partial charge in [0.25, 0.3) is 5.91 Å². The van der Waals surface area contributed by atoms with Gasteiger partial charge in [-0.15, -0.1) is 13.2 Å². The van der Waals surface area contributed by atoms with Gasteiger partial charge >= 0.3 is 12.4 Å². The number of imidazole rings is 1. The van der Waals surface area contributed by atoms with Crippen molar-refractivity contribution >= 4 is 23.4 Å². The lowest BCUT2D eigenvalue weighted by Gasteiger charge is -2.10. The molecule has 0 saturated carbocycles. The van der Waals surface area contributed by atoms with Crippen LogP contribution in [-0.4, -0.2) is 35.0 Å². The van der Waals surface area contributed by atoms with Crippen LogP contribution in [0.1, 0.15) is 30.0 Å². The fourth-order valence-corrected chi connectivity index (χ4v) is 3.10. The lowest BCUT2D eigenvalue weighted by molar-refractivity contribution is -0.274. The molecule has 0 saturated heterocycles. The molecular formula is C25H26F3N5O4. The smallest absolute Gasteiger partial charge is 0.497 e. The van der Waals surface area contributed by atoms with E-state index in [1.54, 1.807) is 23.8 Å². The van der Waals surface area contributed by atoms with Crippen LogP contribution in [-0.2, 0) is 13.1 Å². The number of amides is 3. The van der Waals surface area contributed by atoms with Gasteiger partial charge in [0.1, 0.15) is 11.5 Å². The van der Waals surface area contributed by atoms with E-state index < -0.39 is 24.1 Å². The van der Waals surface area contributed by atoms with Crippen molar-refractivity contribution in [3.05, 3.63) is 77.8 Å². The third-order valence-corrected chi connectivity index (χ3v) is 4.88. The molecule has 3 N–H and O–H groups in total. The minimum Gasteiger partial charge on any atom is -0.497 e. The lowest BCUT2D eigenvalue weighted by Crippen LogP contribution is -2.26. The normalized spacial score (nSPS) is 10.9. The number of hydrogen-bond acceptors (Lipinski definition) is 5. The molecule has 3 aromatic rings. The van der Waals surface area contributed by atoms with E-state index in [9.17, 15) is 22.8 Å². The van der Waals surface area contributed by atoms with Crippen molar-refractivity contribution in [1.29, 1.82) is 0 Å². The molecule has 2 aromatic carbocycles. The van der Waals surface area contributed by atoms with E-state index in [4.69, 9.17) is 4.74 Å². The number of nitrogens with zero attached hydrogens (tertiary/aromatic N) is 2. The number of hydrogen-bond donors (Lipinski definition) is 3. The first-order chi connectivity index (χ1) is 17.5. The molecule has 9 nitrogen and oxygen atoms in total. The van der Waals surface area contributed by atoms with Gasteiger partial charge in [0.2, 0.25) is 5.82 Å². The molecule has 0 radical (unpaired) electrons. The molecule has 1 heterocycles. The van der Waals surface area contributed by atoms with Crippen molar-refractivity contribution in [2.45, 2.75) is 33.3 Å². The summed E-state index contributed by atoms with van der Waals surface area (Å²) in [5.41, 5.74) is 2.12. The minimum absolute atomic E-state index is 0.0926. The van der Waals surface area contributed by atoms with Gasteiger partial charge < -0.3 is 24.7 Å². The van der Waals surface area contributed by atoms with E-state index in [-0.39, 0.29) is 23.9 Å². The van der Waals surface area contributed by atoms with Crippen molar-refractivity contribution in [1.82, 2.24) is 14.9 Å². The zero-order chi connectivity index (χ0) is 27.0. The molecule has 0 aliphatic heterocycles. The predicted molar refractivity (Wildman–Crippen MR) is 132 cm³/mol. The predicted octanol–water partition coefficient (Wildman–Crippen LogP) is 5.33. The quantitative estimate of drug-likeness (QED) is 0.333. The first-order valence-electron chi connectivity index (χ1n) is 11.1. The van der Waals surface area contributed by atoms with Crippen LogP contribution in [0.4, 0.5) is 29.5 Å². The summed E-state index contributed by atoms with van der Waals surface area (Å²) in [4.78, 5) is 29.5. The van der Waals surface area contributed by atoms with Crippen molar-refractivity contribution in [2.24, 2.45) is 0 Å². The molecule has 3 amide bonds. The lowest BCUT2D eigenvalue weighted by atomic mass is 10.2. The van der Waals surface area contributed by atoms with E-state index in [2.05, 4.69) is 25.7 Å². The first kappa shape index (κ1) is 27.1. The molecule has 12 heteroatoms. The van der Waals surface area contributed by atoms with E-state index in [1.165, 1.54) is 18.3 Å². The van der Waals surface area contributed by atoms with Crippen LogP contribution in [0.5, 0.6) is 11.5 Å². The van der Waals surface area contributed by atoms with Gasteiger partial charge in [-0.1, -0.05) is 23.8 Å². The second kappa shape index (κ2) is 12.0. The number of allylic oxidation sites excluding steroid dienone is 2. The van der Waals surface area contributed by atoms with Gasteiger partial charge in [0.15, 0.2) is 5.82 Å². The molecule has 1 aromatic heterocycles. The van der Waals surface area contributed by atoms with Crippen molar-refractivity contribution < 1.29 is 32.2 Å². The van der Waals surface area contributed by atoms with Crippen molar-refractivity contribution in [3.8, 4) is 11.5 Å². The van der Waals surface area contributed by atoms with Crippen LogP contribution in [0.15, 0.2) is 66.4 Å².